The molecule has 4 bridgehead atoms. The molecule has 0 saturated heterocycles. The topological polar surface area (TPSA) is 109 Å². The lowest BCUT2D eigenvalue weighted by Gasteiger charge is -2.26. The number of rotatable bonds is 5. The second-order valence-corrected chi connectivity index (χ2v) is 9.69. The third-order valence-corrected chi connectivity index (χ3v) is 7.15. The molecule has 6 rings (SSSR count). The number of hydrogen-bond acceptors (Lipinski definition) is 7. The third-order valence-electron chi connectivity index (χ3n) is 7.15. The molecule has 186 valence electrons. The number of benzene rings is 1. The number of hydrogen-bond donors (Lipinski definition) is 2. The molecule has 9 heteroatoms. The maximum Gasteiger partial charge on any atom is 0.320 e. The van der Waals surface area contributed by atoms with Crippen LogP contribution in [0.4, 0.5) is 5.82 Å². The maximum atomic E-state index is 6.18. The quantitative estimate of drug-likeness (QED) is 0.416. The Morgan fingerprint density at radius 2 is 2.08 bits per heavy atom. The van der Waals surface area contributed by atoms with E-state index < -0.39 is 0 Å². The standard InChI is InChI=1S/C27H32N8O/c1-18-31-24-25(28)32-27-33-26(24)35(18)16-19-9-10-23(20(14-19)6-3-2-4-13-36-27)21-15-30-34(17-21)12-11-29-22-7-5-8-22/h2-3,9-10,14-15,17,22,29H,4-8,11-13,16H2,1H3,(H2,28,32,33)/b3-2-. The zero-order valence-electron chi connectivity index (χ0n) is 20.7. The first-order valence-electron chi connectivity index (χ1n) is 12.8. The van der Waals surface area contributed by atoms with Gasteiger partial charge in [-0.25, -0.2) is 4.98 Å². The number of nitrogens with one attached hydrogen (secondary N) is 1. The van der Waals surface area contributed by atoms with E-state index in [9.17, 15) is 0 Å². The zero-order valence-corrected chi connectivity index (χ0v) is 20.7. The predicted octanol–water partition coefficient (Wildman–Crippen LogP) is 3.65. The summed E-state index contributed by atoms with van der Waals surface area (Å²) in [5, 5.41) is 8.25. The minimum Gasteiger partial charge on any atom is -0.463 e. The molecule has 3 N–H and O–H groups in total. The number of aromatic nitrogens is 6. The Bertz CT molecular complexity index is 1410. The van der Waals surface area contributed by atoms with Crippen LogP contribution in [0.2, 0.25) is 0 Å². The van der Waals surface area contributed by atoms with Crippen molar-refractivity contribution in [2.45, 2.75) is 58.2 Å². The lowest BCUT2D eigenvalue weighted by Crippen LogP contribution is -2.37. The van der Waals surface area contributed by atoms with Crippen molar-refractivity contribution in [3.8, 4) is 17.1 Å². The van der Waals surface area contributed by atoms with Crippen molar-refractivity contribution in [3.05, 3.63) is 59.7 Å². The first kappa shape index (κ1) is 22.7. The minimum absolute atomic E-state index is 0.294. The normalized spacial score (nSPS) is 17.0. The van der Waals surface area contributed by atoms with Crippen LogP contribution in [0.15, 0.2) is 42.7 Å². The highest BCUT2D eigenvalue weighted by molar-refractivity contribution is 5.82. The number of allylic oxidation sites excluding steroid dienone is 1. The van der Waals surface area contributed by atoms with Crippen molar-refractivity contribution in [2.75, 3.05) is 18.9 Å². The van der Waals surface area contributed by atoms with Gasteiger partial charge in [0.2, 0.25) is 0 Å². The van der Waals surface area contributed by atoms with E-state index in [1.54, 1.807) is 0 Å². The van der Waals surface area contributed by atoms with Gasteiger partial charge in [-0.1, -0.05) is 36.8 Å². The Balaban J connectivity index is 1.31. The summed E-state index contributed by atoms with van der Waals surface area (Å²) in [5.74, 6) is 1.19. The molecule has 1 fully saturated rings. The first-order chi connectivity index (χ1) is 17.6. The van der Waals surface area contributed by atoms with Crippen LogP contribution in [0.1, 0.15) is 42.6 Å². The monoisotopic (exact) mass is 484 g/mol. The fourth-order valence-corrected chi connectivity index (χ4v) is 4.91. The van der Waals surface area contributed by atoms with Gasteiger partial charge in [0.15, 0.2) is 17.0 Å². The lowest BCUT2D eigenvalue weighted by molar-refractivity contribution is 0.300. The fraction of sp³-hybridized carbons (Fsp3) is 0.407. The van der Waals surface area contributed by atoms with Crippen molar-refractivity contribution in [1.29, 1.82) is 0 Å². The van der Waals surface area contributed by atoms with E-state index in [-0.39, 0.29) is 0 Å². The number of aryl methyl sites for hydroxylation is 1. The summed E-state index contributed by atoms with van der Waals surface area (Å²) in [7, 11) is 0. The number of nitrogens with zero attached hydrogens (tertiary/aromatic N) is 6. The summed E-state index contributed by atoms with van der Waals surface area (Å²) < 4.78 is 9.91. The predicted molar refractivity (Wildman–Crippen MR) is 140 cm³/mol. The molecule has 4 heterocycles. The van der Waals surface area contributed by atoms with Gasteiger partial charge in [0.25, 0.3) is 0 Å². The van der Waals surface area contributed by atoms with E-state index in [1.807, 2.05) is 17.8 Å². The van der Waals surface area contributed by atoms with Crippen LogP contribution in [0.25, 0.3) is 22.3 Å². The lowest BCUT2D eigenvalue weighted by atomic mass is 9.93. The van der Waals surface area contributed by atoms with Crippen LogP contribution < -0.4 is 15.8 Å². The van der Waals surface area contributed by atoms with E-state index >= 15 is 0 Å². The highest BCUT2D eigenvalue weighted by Gasteiger charge is 2.18. The summed E-state index contributed by atoms with van der Waals surface area (Å²) in [5.41, 5.74) is 12.3. The number of imidazole rings is 1. The minimum atomic E-state index is 0.294. The Morgan fingerprint density at radius 1 is 1.17 bits per heavy atom. The SMILES string of the molecule is Cc1nc2c(N)nc3nc2n1Cc1ccc(-c2cnn(CCNC4CCC4)c2)c(c1)C/C=C\CCO3. The molecule has 0 spiro atoms. The van der Waals surface area contributed by atoms with E-state index in [1.165, 1.54) is 36.0 Å². The summed E-state index contributed by atoms with van der Waals surface area (Å²) >= 11 is 0. The molecule has 9 nitrogen and oxygen atoms in total. The molecule has 3 aromatic heterocycles. The van der Waals surface area contributed by atoms with Gasteiger partial charge < -0.3 is 20.4 Å². The van der Waals surface area contributed by atoms with Gasteiger partial charge in [-0.05, 0) is 49.3 Å². The summed E-state index contributed by atoms with van der Waals surface area (Å²) in [6.45, 7) is 4.93. The molecule has 4 aromatic rings. The highest BCUT2D eigenvalue weighted by Crippen LogP contribution is 2.28. The Hall–Kier alpha value is -3.72. The molecule has 1 aliphatic carbocycles. The molecule has 0 unspecified atom stereocenters. The van der Waals surface area contributed by atoms with Crippen molar-refractivity contribution >= 4 is 17.0 Å². The van der Waals surface area contributed by atoms with Gasteiger partial charge in [0, 0.05) is 24.3 Å². The van der Waals surface area contributed by atoms with E-state index in [2.05, 4.69) is 66.5 Å². The van der Waals surface area contributed by atoms with Crippen molar-refractivity contribution in [1.82, 2.24) is 34.6 Å². The number of fused-ring (bicyclic) bond motifs is 3. The second kappa shape index (κ2) is 9.73. The molecule has 0 radical (unpaired) electrons. The molecule has 1 saturated carbocycles. The van der Waals surface area contributed by atoms with E-state index in [0.29, 0.717) is 42.2 Å². The van der Waals surface area contributed by atoms with Crippen LogP contribution in [-0.4, -0.2) is 48.5 Å². The van der Waals surface area contributed by atoms with Crippen LogP contribution >= 0.6 is 0 Å². The second-order valence-electron chi connectivity index (χ2n) is 9.69. The number of anilines is 1. The van der Waals surface area contributed by atoms with Crippen LogP contribution in [0, 0.1) is 6.92 Å². The van der Waals surface area contributed by atoms with Crippen LogP contribution in [-0.2, 0) is 19.5 Å². The average Bonchev–Trinajstić information content (AvgIpc) is 3.43. The molecule has 0 amide bonds. The largest absolute Gasteiger partial charge is 0.463 e. The Labute approximate surface area is 210 Å². The molecule has 0 atom stereocenters. The van der Waals surface area contributed by atoms with E-state index in [0.717, 1.165) is 37.3 Å². The highest BCUT2D eigenvalue weighted by atomic mass is 16.5. The third kappa shape index (κ3) is 4.58. The van der Waals surface area contributed by atoms with Crippen molar-refractivity contribution in [3.63, 3.8) is 0 Å². The summed E-state index contributed by atoms with van der Waals surface area (Å²) in [6.07, 6.45) is 14.0. The summed E-state index contributed by atoms with van der Waals surface area (Å²) in [6, 6.07) is 7.67. The van der Waals surface area contributed by atoms with Gasteiger partial charge in [-0.3, -0.25) is 4.68 Å². The molecule has 1 aliphatic heterocycles. The molecular formula is C27H32N8O. The van der Waals surface area contributed by atoms with Gasteiger partial charge >= 0.3 is 6.01 Å². The van der Waals surface area contributed by atoms with Crippen LogP contribution in [0.5, 0.6) is 6.01 Å². The van der Waals surface area contributed by atoms with Crippen molar-refractivity contribution in [2.24, 2.45) is 0 Å². The first-order valence-corrected chi connectivity index (χ1v) is 12.8. The zero-order chi connectivity index (χ0) is 24.5. The van der Waals surface area contributed by atoms with Crippen molar-refractivity contribution < 1.29 is 4.74 Å². The number of nitrogens with two attached hydrogens (primary N) is 1. The maximum absolute atomic E-state index is 6.18. The number of ether oxygens (including phenoxy) is 1. The summed E-state index contributed by atoms with van der Waals surface area (Å²) in [4.78, 5) is 13.5. The smallest absolute Gasteiger partial charge is 0.320 e. The molecule has 1 aromatic carbocycles. The molecule has 2 aliphatic rings. The van der Waals surface area contributed by atoms with Gasteiger partial charge in [-0.15, -0.1) is 0 Å². The molecule has 36 heavy (non-hydrogen) atoms. The van der Waals surface area contributed by atoms with Gasteiger partial charge in [-0.2, -0.15) is 15.1 Å². The van der Waals surface area contributed by atoms with Gasteiger partial charge in [0.1, 0.15) is 5.82 Å². The van der Waals surface area contributed by atoms with E-state index in [4.69, 9.17) is 10.5 Å². The van der Waals surface area contributed by atoms with Crippen LogP contribution in [0.3, 0.4) is 0 Å². The molecular weight excluding hydrogens is 452 g/mol. The number of nitrogen functional groups attached to an aromatic ring is 1. The van der Waals surface area contributed by atoms with Gasteiger partial charge in [0.05, 0.1) is 25.9 Å². The Kier molecular flexibility index (Phi) is 6.14. The fourth-order valence-electron chi connectivity index (χ4n) is 4.91. The Morgan fingerprint density at radius 3 is 2.94 bits per heavy atom. The average molecular weight is 485 g/mol.